The maximum Gasteiger partial charge on any atom is 0.228 e. The van der Waals surface area contributed by atoms with Crippen molar-refractivity contribution < 1.29 is 14.4 Å². The van der Waals surface area contributed by atoms with Crippen molar-refractivity contribution in [3.63, 3.8) is 0 Å². The Morgan fingerprint density at radius 2 is 1.95 bits per heavy atom. The van der Waals surface area contributed by atoms with E-state index in [1.165, 1.54) is 0 Å². The monoisotopic (exact) mass is 321 g/mol. The summed E-state index contributed by atoms with van der Waals surface area (Å²) in [7, 11) is 0. The average Bonchev–Trinajstić information content (AvgIpc) is 2.23. The first-order valence-corrected chi connectivity index (χ1v) is 9.97. The minimum absolute atomic E-state index is 0.227. The number of aryl methyl sites for hydroxylation is 1. The third-order valence-corrected chi connectivity index (χ3v) is 5.10. The molecule has 2 unspecified atom stereocenters. The molecular weight excluding hydrogens is 301 g/mol. The van der Waals surface area contributed by atoms with Gasteiger partial charge in [0.1, 0.15) is 12.0 Å². The molecule has 0 aliphatic rings. The van der Waals surface area contributed by atoms with Crippen LogP contribution in [0, 0.1) is 6.92 Å². The van der Waals surface area contributed by atoms with Gasteiger partial charge >= 0.3 is 0 Å². The highest BCUT2D eigenvalue weighted by molar-refractivity contribution is 8.81. The molecule has 0 bridgehead atoms. The maximum absolute atomic E-state index is 11.9. The predicted octanol–water partition coefficient (Wildman–Crippen LogP) is 3.15. The van der Waals surface area contributed by atoms with E-state index in [9.17, 15) is 9.67 Å². The van der Waals surface area contributed by atoms with Gasteiger partial charge in [0, 0.05) is 0 Å². The molecule has 1 aromatic rings. The van der Waals surface area contributed by atoms with Crippen LogP contribution in [-0.2, 0) is 4.57 Å². The van der Waals surface area contributed by atoms with E-state index in [-0.39, 0.29) is 5.92 Å². The summed E-state index contributed by atoms with van der Waals surface area (Å²) in [6, 6.07) is 5.73. The minimum atomic E-state index is -3.27. The second kappa shape index (κ2) is 6.55. The van der Waals surface area contributed by atoms with Crippen molar-refractivity contribution in [1.82, 2.24) is 0 Å². The number of aliphatic hydroxyl groups is 1. The molecule has 0 spiro atoms. The standard InChI is InChI=1S/C12H20NO3PS2/c1-7(2)9-5-4-8(3)6-10(9)16-12(11(13)14)17(15,18)19/h4-7,11-12,14H,13H2,1-3H3,(H2,15,18,19). The van der Waals surface area contributed by atoms with Crippen molar-refractivity contribution in [3.8, 4) is 5.75 Å². The normalized spacial score (nSPS) is 15.4. The van der Waals surface area contributed by atoms with Crippen LogP contribution >= 0.6 is 30.0 Å². The average molecular weight is 321 g/mol. The number of hydrogen-bond donors (Lipinski definition) is 4. The van der Waals surface area contributed by atoms with E-state index in [4.69, 9.17) is 10.5 Å². The van der Waals surface area contributed by atoms with Crippen LogP contribution in [0.5, 0.6) is 5.75 Å². The topological polar surface area (TPSA) is 72.6 Å². The molecule has 0 aliphatic carbocycles. The van der Waals surface area contributed by atoms with E-state index in [1.807, 2.05) is 39.0 Å². The molecule has 0 aromatic heterocycles. The molecule has 4 nitrogen and oxygen atoms in total. The SMILES string of the molecule is Cc1ccc(C(C)C)c(OC(C(N)O)P(=O)(S)S)c1. The predicted molar refractivity (Wildman–Crippen MR) is 85.5 cm³/mol. The highest BCUT2D eigenvalue weighted by Gasteiger charge is 2.33. The van der Waals surface area contributed by atoms with Crippen LogP contribution in [-0.4, -0.2) is 17.2 Å². The Labute approximate surface area is 124 Å². The fraction of sp³-hybridized carbons (Fsp3) is 0.500. The molecule has 0 aliphatic heterocycles. The molecule has 0 saturated carbocycles. The fourth-order valence-electron chi connectivity index (χ4n) is 1.69. The van der Waals surface area contributed by atoms with Crippen LogP contribution in [0.4, 0.5) is 0 Å². The molecular formula is C12H20NO3PS2. The number of ether oxygens (including phenoxy) is 1. The van der Waals surface area contributed by atoms with Gasteiger partial charge in [-0.15, -0.1) is 24.5 Å². The third-order valence-electron chi connectivity index (χ3n) is 2.66. The highest BCUT2D eigenvalue weighted by atomic mass is 33.1. The Bertz CT molecular complexity index is 488. The summed E-state index contributed by atoms with van der Waals surface area (Å²) in [5.41, 5.74) is 4.07. The van der Waals surface area contributed by atoms with Crippen molar-refractivity contribution in [1.29, 1.82) is 0 Å². The van der Waals surface area contributed by atoms with Gasteiger partial charge in [-0.05, 0) is 30.0 Å². The Morgan fingerprint density at radius 3 is 2.37 bits per heavy atom. The molecule has 1 aromatic carbocycles. The molecule has 0 saturated heterocycles. The largest absolute Gasteiger partial charge is 0.477 e. The van der Waals surface area contributed by atoms with Gasteiger partial charge in [-0.2, -0.15) is 0 Å². The number of hydrogen-bond acceptors (Lipinski definition) is 4. The Hall–Kier alpha value is -0.130. The summed E-state index contributed by atoms with van der Waals surface area (Å²) < 4.78 is 17.5. The molecule has 3 N–H and O–H groups in total. The Balaban J connectivity index is 3.16. The third kappa shape index (κ3) is 4.72. The van der Waals surface area contributed by atoms with Crippen molar-refractivity contribution in [2.24, 2.45) is 5.73 Å². The summed E-state index contributed by atoms with van der Waals surface area (Å²) in [6.45, 7) is 5.96. The zero-order chi connectivity index (χ0) is 14.8. The molecule has 1 rings (SSSR count). The summed E-state index contributed by atoms with van der Waals surface area (Å²) in [5, 5.41) is 9.49. The van der Waals surface area contributed by atoms with Crippen molar-refractivity contribution in [2.45, 2.75) is 38.8 Å². The number of nitrogens with two attached hydrogens (primary N) is 1. The van der Waals surface area contributed by atoms with E-state index in [0.29, 0.717) is 5.75 Å². The van der Waals surface area contributed by atoms with Gasteiger partial charge in [0.2, 0.25) is 11.4 Å². The molecule has 19 heavy (non-hydrogen) atoms. The van der Waals surface area contributed by atoms with Crippen LogP contribution in [0.25, 0.3) is 0 Å². The van der Waals surface area contributed by atoms with Crippen LogP contribution in [0.2, 0.25) is 0 Å². The zero-order valence-corrected chi connectivity index (χ0v) is 13.8. The smallest absolute Gasteiger partial charge is 0.228 e. The van der Waals surface area contributed by atoms with E-state index < -0.39 is 17.6 Å². The van der Waals surface area contributed by atoms with Gasteiger partial charge in [-0.1, -0.05) is 26.0 Å². The highest BCUT2D eigenvalue weighted by Crippen LogP contribution is 2.60. The first-order valence-electron chi connectivity index (χ1n) is 5.89. The molecule has 0 amide bonds. The van der Waals surface area contributed by atoms with E-state index >= 15 is 0 Å². The van der Waals surface area contributed by atoms with Gasteiger partial charge in [0.15, 0.2) is 0 Å². The van der Waals surface area contributed by atoms with Gasteiger partial charge in [0.05, 0.1) is 0 Å². The first-order chi connectivity index (χ1) is 8.62. The number of thiol groups is 2. The van der Waals surface area contributed by atoms with Crippen LogP contribution in [0.3, 0.4) is 0 Å². The quantitative estimate of drug-likeness (QED) is 0.382. The summed E-state index contributed by atoms with van der Waals surface area (Å²) in [5.74, 6) is -0.378. The molecule has 7 heteroatoms. The lowest BCUT2D eigenvalue weighted by Crippen LogP contribution is -2.37. The van der Waals surface area contributed by atoms with Crippen molar-refractivity contribution in [3.05, 3.63) is 29.3 Å². The lowest BCUT2D eigenvalue weighted by atomic mass is 10.0. The Kier molecular flexibility index (Phi) is 5.83. The summed E-state index contributed by atoms with van der Waals surface area (Å²) >= 11 is 7.77. The van der Waals surface area contributed by atoms with E-state index in [0.717, 1.165) is 11.1 Å². The van der Waals surface area contributed by atoms with Gasteiger partial charge in [0.25, 0.3) is 0 Å². The van der Waals surface area contributed by atoms with E-state index in [1.54, 1.807) is 0 Å². The maximum atomic E-state index is 11.9. The molecule has 2 atom stereocenters. The lowest BCUT2D eigenvalue weighted by Gasteiger charge is -2.25. The van der Waals surface area contributed by atoms with Gasteiger partial charge in [-0.3, -0.25) is 4.57 Å². The minimum Gasteiger partial charge on any atom is -0.477 e. The van der Waals surface area contributed by atoms with Crippen molar-refractivity contribution >= 4 is 30.0 Å². The van der Waals surface area contributed by atoms with Gasteiger partial charge < -0.3 is 15.6 Å². The summed E-state index contributed by atoms with van der Waals surface area (Å²) in [4.78, 5) is 0. The van der Waals surface area contributed by atoms with Gasteiger partial charge in [-0.25, -0.2) is 0 Å². The molecule has 108 valence electrons. The molecule has 0 fully saturated rings. The number of aliphatic hydroxyl groups excluding tert-OH is 1. The molecule has 0 heterocycles. The number of benzene rings is 1. The van der Waals surface area contributed by atoms with Crippen LogP contribution in [0.1, 0.15) is 30.9 Å². The second-order valence-electron chi connectivity index (χ2n) is 4.78. The Morgan fingerprint density at radius 1 is 1.37 bits per heavy atom. The van der Waals surface area contributed by atoms with Crippen LogP contribution < -0.4 is 10.5 Å². The van der Waals surface area contributed by atoms with E-state index in [2.05, 4.69) is 24.5 Å². The molecule has 0 radical (unpaired) electrons. The van der Waals surface area contributed by atoms with Crippen LogP contribution in [0.15, 0.2) is 18.2 Å². The fourth-order valence-corrected chi connectivity index (χ4v) is 3.44. The number of rotatable bonds is 5. The zero-order valence-electron chi connectivity index (χ0n) is 11.1. The second-order valence-corrected chi connectivity index (χ2v) is 11.0. The summed E-state index contributed by atoms with van der Waals surface area (Å²) in [6.07, 6.45) is -1.42. The first kappa shape index (κ1) is 16.9. The van der Waals surface area contributed by atoms with Crippen molar-refractivity contribution in [2.75, 3.05) is 0 Å². The lowest BCUT2D eigenvalue weighted by molar-refractivity contribution is 0.0872.